The van der Waals surface area contributed by atoms with Gasteiger partial charge < -0.3 is 24.1 Å². The zero-order chi connectivity index (χ0) is 22.3. The Labute approximate surface area is 176 Å². The second-order valence-corrected chi connectivity index (χ2v) is 6.93. The number of hydrogen-bond donors (Lipinski definition) is 1. The summed E-state index contributed by atoms with van der Waals surface area (Å²) in [6, 6.07) is 8.52. The third-order valence-corrected chi connectivity index (χ3v) is 4.74. The van der Waals surface area contributed by atoms with Crippen LogP contribution in [0, 0.1) is 13.8 Å². The van der Waals surface area contributed by atoms with Gasteiger partial charge in [0, 0.05) is 24.1 Å². The Hall–Kier alpha value is -3.13. The van der Waals surface area contributed by atoms with Crippen molar-refractivity contribution >= 4 is 17.7 Å². The van der Waals surface area contributed by atoms with E-state index in [0.29, 0.717) is 23.5 Å². The molecular weight excluding hydrogens is 388 g/mol. The largest absolute Gasteiger partial charge is 0.496 e. The van der Waals surface area contributed by atoms with Crippen LogP contribution in [0.1, 0.15) is 45.1 Å². The average Bonchev–Trinajstić information content (AvgIpc) is 3.04. The third kappa shape index (κ3) is 5.48. The Kier molecular flexibility index (Phi) is 8.17. The number of amides is 1. The first-order chi connectivity index (χ1) is 14.3. The number of esters is 1. The first-order valence-corrected chi connectivity index (χ1v) is 9.57. The summed E-state index contributed by atoms with van der Waals surface area (Å²) < 4.78 is 17.4. The van der Waals surface area contributed by atoms with Gasteiger partial charge in [-0.15, -0.1) is 0 Å². The van der Waals surface area contributed by atoms with Crippen molar-refractivity contribution in [3.63, 3.8) is 0 Å². The minimum absolute atomic E-state index is 0.0734. The van der Waals surface area contributed by atoms with Crippen molar-refractivity contribution in [3.05, 3.63) is 52.8 Å². The third-order valence-electron chi connectivity index (χ3n) is 4.74. The minimum atomic E-state index is -0.701. The maximum Gasteiger partial charge on any atom is 0.325 e. The van der Waals surface area contributed by atoms with E-state index in [9.17, 15) is 14.4 Å². The fourth-order valence-electron chi connectivity index (χ4n) is 3.41. The van der Waals surface area contributed by atoms with Gasteiger partial charge in [-0.3, -0.25) is 14.4 Å². The molecule has 1 atom stereocenters. The van der Waals surface area contributed by atoms with E-state index >= 15 is 0 Å². The molecule has 8 heteroatoms. The van der Waals surface area contributed by atoms with Crippen molar-refractivity contribution in [2.45, 2.75) is 26.8 Å². The van der Waals surface area contributed by atoms with E-state index in [0.717, 1.165) is 11.4 Å². The number of ether oxygens (including phenoxy) is 3. The molecule has 0 spiro atoms. The lowest BCUT2D eigenvalue weighted by Gasteiger charge is -2.17. The zero-order valence-electron chi connectivity index (χ0n) is 18.0. The Balaban J connectivity index is 1.91. The minimum Gasteiger partial charge on any atom is -0.496 e. The standard InChI is InChI=1S/C22H28N2O6/c1-14-10-18(16(3)24(14)15(2)12-28-4)19(25)13-30-21(26)11-23-22(27)17-8-6-7-9-20(17)29-5/h6-10,15H,11-13H2,1-5H3,(H,23,27)/t15-/m0/s1. The second-order valence-electron chi connectivity index (χ2n) is 6.93. The molecule has 30 heavy (non-hydrogen) atoms. The number of benzene rings is 1. The highest BCUT2D eigenvalue weighted by molar-refractivity contribution is 6.00. The first-order valence-electron chi connectivity index (χ1n) is 9.57. The van der Waals surface area contributed by atoms with E-state index in [1.54, 1.807) is 37.4 Å². The van der Waals surface area contributed by atoms with Crippen molar-refractivity contribution in [3.8, 4) is 5.75 Å². The zero-order valence-corrected chi connectivity index (χ0v) is 18.0. The quantitative estimate of drug-likeness (QED) is 0.472. The normalized spacial score (nSPS) is 11.6. The van der Waals surface area contributed by atoms with Gasteiger partial charge in [-0.05, 0) is 39.0 Å². The molecule has 0 bridgehead atoms. The number of aryl methyl sites for hydroxylation is 1. The summed E-state index contributed by atoms with van der Waals surface area (Å²) in [4.78, 5) is 36.7. The summed E-state index contributed by atoms with van der Waals surface area (Å²) in [5, 5.41) is 2.47. The molecule has 2 rings (SSSR count). The van der Waals surface area contributed by atoms with Crippen molar-refractivity contribution in [1.82, 2.24) is 9.88 Å². The van der Waals surface area contributed by atoms with Gasteiger partial charge >= 0.3 is 5.97 Å². The lowest BCUT2D eigenvalue weighted by atomic mass is 10.1. The van der Waals surface area contributed by atoms with E-state index < -0.39 is 18.5 Å². The van der Waals surface area contributed by atoms with E-state index in [1.807, 2.05) is 25.3 Å². The summed E-state index contributed by atoms with van der Waals surface area (Å²) in [5.41, 5.74) is 2.53. The van der Waals surface area contributed by atoms with Crippen LogP contribution in [0.3, 0.4) is 0 Å². The molecule has 1 heterocycles. The van der Waals surface area contributed by atoms with Crippen molar-refractivity contribution < 1.29 is 28.6 Å². The maximum absolute atomic E-state index is 12.5. The number of hydrogen-bond acceptors (Lipinski definition) is 6. The summed E-state index contributed by atoms with van der Waals surface area (Å²) in [6.45, 7) is 5.53. The first kappa shape index (κ1) is 23.2. The fraction of sp³-hybridized carbons (Fsp3) is 0.409. The van der Waals surface area contributed by atoms with Crippen LogP contribution < -0.4 is 10.1 Å². The van der Waals surface area contributed by atoms with E-state index in [-0.39, 0.29) is 18.4 Å². The molecule has 2 aromatic rings. The Morgan fingerprint density at radius 2 is 1.80 bits per heavy atom. The lowest BCUT2D eigenvalue weighted by molar-refractivity contribution is -0.141. The molecule has 0 unspecified atom stereocenters. The number of nitrogens with zero attached hydrogens (tertiary/aromatic N) is 1. The molecule has 0 radical (unpaired) electrons. The van der Waals surface area contributed by atoms with Gasteiger partial charge in [0.1, 0.15) is 12.3 Å². The highest BCUT2D eigenvalue weighted by Crippen LogP contribution is 2.21. The van der Waals surface area contributed by atoms with Crippen molar-refractivity contribution in [2.75, 3.05) is 34.0 Å². The number of methoxy groups -OCH3 is 2. The Bertz CT molecular complexity index is 918. The number of nitrogens with one attached hydrogen (secondary N) is 1. The highest BCUT2D eigenvalue weighted by atomic mass is 16.5. The molecule has 0 aliphatic rings. The number of Topliss-reactive ketones (excluding diaryl/α,β-unsaturated/α-hetero) is 1. The van der Waals surface area contributed by atoms with Gasteiger partial charge in [0.2, 0.25) is 5.78 Å². The Morgan fingerprint density at radius 3 is 2.47 bits per heavy atom. The molecule has 1 N–H and O–H groups in total. The fourth-order valence-corrected chi connectivity index (χ4v) is 3.41. The van der Waals surface area contributed by atoms with Crippen LogP contribution >= 0.6 is 0 Å². The average molecular weight is 416 g/mol. The van der Waals surface area contributed by atoms with Gasteiger partial charge in [-0.1, -0.05) is 12.1 Å². The molecule has 0 aliphatic carbocycles. The SMILES string of the molecule is COC[C@H](C)n1c(C)cc(C(=O)COC(=O)CNC(=O)c2ccccc2OC)c1C. The summed E-state index contributed by atoms with van der Waals surface area (Å²) in [6.07, 6.45) is 0. The van der Waals surface area contributed by atoms with Crippen LogP contribution in [0.15, 0.2) is 30.3 Å². The van der Waals surface area contributed by atoms with Gasteiger partial charge in [0.15, 0.2) is 6.61 Å². The van der Waals surface area contributed by atoms with E-state index in [1.165, 1.54) is 7.11 Å². The van der Waals surface area contributed by atoms with Gasteiger partial charge in [0.25, 0.3) is 5.91 Å². The number of ketones is 1. The van der Waals surface area contributed by atoms with Gasteiger partial charge in [0.05, 0.1) is 25.3 Å². The molecule has 162 valence electrons. The molecule has 0 saturated heterocycles. The summed E-state index contributed by atoms with van der Waals surface area (Å²) in [7, 11) is 3.09. The predicted molar refractivity (Wildman–Crippen MR) is 111 cm³/mol. The van der Waals surface area contributed by atoms with E-state index in [4.69, 9.17) is 14.2 Å². The van der Waals surface area contributed by atoms with Gasteiger partial charge in [-0.25, -0.2) is 0 Å². The molecule has 8 nitrogen and oxygen atoms in total. The van der Waals surface area contributed by atoms with Crippen molar-refractivity contribution in [2.24, 2.45) is 0 Å². The summed E-state index contributed by atoms with van der Waals surface area (Å²) in [5.74, 6) is -1.07. The molecule has 1 amide bonds. The number of carbonyl (C=O) groups excluding carboxylic acids is 3. The second kappa shape index (κ2) is 10.6. The predicted octanol–water partition coefficient (Wildman–Crippen LogP) is 2.48. The van der Waals surface area contributed by atoms with Crippen LogP contribution in [0.4, 0.5) is 0 Å². The molecule has 1 aromatic heterocycles. The number of aromatic nitrogens is 1. The van der Waals surface area contributed by atoms with E-state index in [2.05, 4.69) is 5.32 Å². The summed E-state index contributed by atoms with van der Waals surface area (Å²) >= 11 is 0. The molecular formula is C22H28N2O6. The van der Waals surface area contributed by atoms with Crippen LogP contribution in [-0.4, -0.2) is 56.2 Å². The molecule has 0 fully saturated rings. The monoisotopic (exact) mass is 416 g/mol. The van der Waals surface area contributed by atoms with Crippen molar-refractivity contribution in [1.29, 1.82) is 0 Å². The molecule has 0 saturated carbocycles. The van der Waals surface area contributed by atoms with Gasteiger partial charge in [-0.2, -0.15) is 0 Å². The van der Waals surface area contributed by atoms with Crippen LogP contribution in [0.5, 0.6) is 5.75 Å². The lowest BCUT2D eigenvalue weighted by Crippen LogP contribution is -2.31. The number of carbonyl (C=O) groups is 3. The molecule has 0 aliphatic heterocycles. The smallest absolute Gasteiger partial charge is 0.325 e. The highest BCUT2D eigenvalue weighted by Gasteiger charge is 2.20. The Morgan fingerprint density at radius 1 is 1.10 bits per heavy atom. The number of para-hydroxylation sites is 1. The molecule has 1 aromatic carbocycles. The topological polar surface area (TPSA) is 95.9 Å². The maximum atomic E-state index is 12.5. The van der Waals surface area contributed by atoms with Crippen LogP contribution in [0.25, 0.3) is 0 Å². The van der Waals surface area contributed by atoms with Crippen LogP contribution in [-0.2, 0) is 14.3 Å². The number of rotatable bonds is 10. The van der Waals surface area contributed by atoms with Crippen LogP contribution in [0.2, 0.25) is 0 Å².